The minimum absolute atomic E-state index is 0.0783. The lowest BCUT2D eigenvalue weighted by Crippen LogP contribution is -2.63. The summed E-state index contributed by atoms with van der Waals surface area (Å²) in [4.78, 5) is 19.4. The van der Waals surface area contributed by atoms with Crippen LogP contribution in [0.3, 0.4) is 0 Å². The van der Waals surface area contributed by atoms with E-state index in [1.54, 1.807) is 29.0 Å². The Labute approximate surface area is 251 Å². The molecule has 0 bridgehead atoms. The summed E-state index contributed by atoms with van der Waals surface area (Å²) in [6.45, 7) is 4.15. The predicted molar refractivity (Wildman–Crippen MR) is 156 cm³/mol. The number of hydrogen-bond acceptors (Lipinski definition) is 10. The molecule has 0 unspecified atom stereocenters. The maximum atomic E-state index is 15.1. The smallest absolute Gasteiger partial charge is 0.265 e. The SMILES string of the molecule is COc1cc(F)c(-c2cc(Cn3cnc4c(NC(C)(C)OC)ncnc43)c(N3CCC[C@](N)([C@H](O)C(F)F)C3)cn2)cc1F. The van der Waals surface area contributed by atoms with Crippen molar-refractivity contribution in [3.63, 3.8) is 0 Å². The van der Waals surface area contributed by atoms with E-state index in [4.69, 9.17) is 15.2 Å². The summed E-state index contributed by atoms with van der Waals surface area (Å²) in [7, 11) is 2.79. The van der Waals surface area contributed by atoms with E-state index in [-0.39, 0.29) is 36.5 Å². The first kappa shape index (κ1) is 31.3. The minimum Gasteiger partial charge on any atom is -0.494 e. The topological polar surface area (TPSA) is 136 Å². The van der Waals surface area contributed by atoms with Crippen molar-refractivity contribution in [2.75, 3.05) is 37.5 Å². The van der Waals surface area contributed by atoms with E-state index in [1.165, 1.54) is 19.6 Å². The first-order valence-electron chi connectivity index (χ1n) is 13.9. The van der Waals surface area contributed by atoms with Gasteiger partial charge >= 0.3 is 0 Å². The number of nitrogens with two attached hydrogens (primary N) is 1. The maximum absolute atomic E-state index is 15.1. The lowest BCUT2D eigenvalue weighted by Gasteiger charge is -2.44. The van der Waals surface area contributed by atoms with E-state index >= 15 is 4.39 Å². The fraction of sp³-hybridized carbons (Fsp3) is 0.448. The second-order valence-corrected chi connectivity index (χ2v) is 11.3. The summed E-state index contributed by atoms with van der Waals surface area (Å²) in [6, 6.07) is 3.53. The molecule has 2 atom stereocenters. The van der Waals surface area contributed by atoms with Crippen LogP contribution in [0.1, 0.15) is 32.3 Å². The van der Waals surface area contributed by atoms with Crippen molar-refractivity contribution in [2.45, 2.75) is 57.0 Å². The molecule has 0 amide bonds. The highest BCUT2D eigenvalue weighted by Crippen LogP contribution is 2.35. The number of fused-ring (bicyclic) bond motifs is 1. The molecule has 1 saturated heterocycles. The number of piperidine rings is 1. The molecular formula is C29H34F4N8O3. The number of nitrogens with one attached hydrogen (secondary N) is 1. The predicted octanol–water partition coefficient (Wildman–Crippen LogP) is 3.94. The van der Waals surface area contributed by atoms with Gasteiger partial charge in [-0.05, 0) is 44.4 Å². The quantitative estimate of drug-likeness (QED) is 0.177. The summed E-state index contributed by atoms with van der Waals surface area (Å²) in [5.41, 5.74) is 6.07. The monoisotopic (exact) mass is 618 g/mol. The lowest BCUT2D eigenvalue weighted by molar-refractivity contribution is -0.0529. The van der Waals surface area contributed by atoms with Crippen LogP contribution in [-0.4, -0.2) is 80.7 Å². The Hall–Kier alpha value is -4.08. The molecule has 11 nitrogen and oxygen atoms in total. The molecular weight excluding hydrogens is 584 g/mol. The molecule has 0 saturated carbocycles. The van der Waals surface area contributed by atoms with Gasteiger partial charge in [0.05, 0.1) is 43.1 Å². The molecule has 15 heteroatoms. The zero-order valence-corrected chi connectivity index (χ0v) is 24.7. The van der Waals surface area contributed by atoms with Crippen molar-refractivity contribution in [3.8, 4) is 17.0 Å². The van der Waals surface area contributed by atoms with Crippen molar-refractivity contribution in [1.29, 1.82) is 0 Å². The molecule has 1 aliphatic heterocycles. The van der Waals surface area contributed by atoms with Crippen LogP contribution in [0.5, 0.6) is 5.75 Å². The molecule has 1 aromatic carbocycles. The summed E-state index contributed by atoms with van der Waals surface area (Å²) in [5.74, 6) is -1.32. The first-order chi connectivity index (χ1) is 20.9. The molecule has 236 valence electrons. The normalized spacial score (nSPS) is 18.2. The number of nitrogens with zero attached hydrogens (tertiary/aromatic N) is 6. The number of aliphatic hydroxyl groups excluding tert-OH is 1. The number of ether oxygens (including phenoxy) is 2. The summed E-state index contributed by atoms with van der Waals surface area (Å²) in [6.07, 6.45) is -0.0125. The van der Waals surface area contributed by atoms with Crippen LogP contribution in [-0.2, 0) is 11.3 Å². The molecule has 1 aliphatic rings. The van der Waals surface area contributed by atoms with Crippen molar-refractivity contribution >= 4 is 22.7 Å². The number of hydrogen-bond donors (Lipinski definition) is 3. The second-order valence-electron chi connectivity index (χ2n) is 11.3. The van der Waals surface area contributed by atoms with Crippen molar-refractivity contribution in [3.05, 3.63) is 54.2 Å². The highest BCUT2D eigenvalue weighted by molar-refractivity contribution is 5.83. The third-order valence-electron chi connectivity index (χ3n) is 7.88. The van der Waals surface area contributed by atoms with Crippen LogP contribution in [0, 0.1) is 11.6 Å². The number of benzene rings is 1. The van der Waals surface area contributed by atoms with E-state index in [0.717, 1.165) is 12.1 Å². The summed E-state index contributed by atoms with van der Waals surface area (Å²) < 4.78 is 68.8. The van der Waals surface area contributed by atoms with Crippen LogP contribution in [0.25, 0.3) is 22.4 Å². The largest absolute Gasteiger partial charge is 0.494 e. The van der Waals surface area contributed by atoms with E-state index in [0.29, 0.717) is 41.2 Å². The van der Waals surface area contributed by atoms with Gasteiger partial charge in [0.15, 0.2) is 28.5 Å². The average molecular weight is 619 g/mol. The van der Waals surface area contributed by atoms with Crippen molar-refractivity contribution < 1.29 is 32.1 Å². The molecule has 4 heterocycles. The molecule has 44 heavy (non-hydrogen) atoms. The van der Waals surface area contributed by atoms with E-state index < -0.39 is 35.4 Å². The number of imidazole rings is 1. The lowest BCUT2D eigenvalue weighted by atomic mass is 9.84. The van der Waals surface area contributed by atoms with Crippen molar-refractivity contribution in [2.24, 2.45) is 5.73 Å². The number of rotatable bonds is 10. The fourth-order valence-electron chi connectivity index (χ4n) is 5.35. The number of methoxy groups -OCH3 is 2. The van der Waals surface area contributed by atoms with Crippen molar-refractivity contribution in [1.82, 2.24) is 24.5 Å². The first-order valence-corrected chi connectivity index (χ1v) is 13.9. The molecule has 5 rings (SSSR count). The Morgan fingerprint density at radius 1 is 1.11 bits per heavy atom. The van der Waals surface area contributed by atoms with E-state index in [1.807, 2.05) is 13.8 Å². The number of alkyl halides is 2. The van der Waals surface area contributed by atoms with Gasteiger partial charge in [0, 0.05) is 31.8 Å². The van der Waals surface area contributed by atoms with Crippen LogP contribution < -0.4 is 20.7 Å². The van der Waals surface area contributed by atoms with E-state index in [9.17, 15) is 18.3 Å². The molecule has 0 spiro atoms. The fourth-order valence-corrected chi connectivity index (χ4v) is 5.35. The molecule has 4 N–H and O–H groups in total. The zero-order valence-electron chi connectivity index (χ0n) is 24.7. The van der Waals surface area contributed by atoms with Gasteiger partial charge in [-0.3, -0.25) is 4.98 Å². The van der Waals surface area contributed by atoms with Crippen LogP contribution in [0.15, 0.2) is 37.1 Å². The van der Waals surface area contributed by atoms with Gasteiger partial charge < -0.3 is 35.1 Å². The van der Waals surface area contributed by atoms with Gasteiger partial charge in [0.25, 0.3) is 6.43 Å². The Morgan fingerprint density at radius 3 is 2.59 bits per heavy atom. The van der Waals surface area contributed by atoms with Crippen LogP contribution in [0.4, 0.5) is 29.1 Å². The number of halogens is 4. The summed E-state index contributed by atoms with van der Waals surface area (Å²) in [5, 5.41) is 13.4. The standard InChI is InChI=1S/C29H34F4N8O3/c1-28(2,44-4)39-26-23-27(37-14-36-26)41(15-38-23)12-16-8-20(17-9-19(31)22(43-3)10-18(17)30)35-11-21(16)40-7-5-6-29(34,13-40)24(42)25(32)33/h8-11,14-15,24-25,42H,5-7,12-13,34H2,1-4H3,(H,36,37,39)/t24-,29-/m1/s1. The third-order valence-corrected chi connectivity index (χ3v) is 7.88. The number of pyridine rings is 1. The molecule has 0 radical (unpaired) electrons. The zero-order chi connectivity index (χ0) is 31.8. The maximum Gasteiger partial charge on any atom is 0.265 e. The number of anilines is 2. The highest BCUT2D eigenvalue weighted by Gasteiger charge is 2.43. The van der Waals surface area contributed by atoms with Gasteiger partial charge in [-0.1, -0.05) is 0 Å². The molecule has 3 aromatic heterocycles. The van der Waals surface area contributed by atoms with Gasteiger partial charge in [-0.25, -0.2) is 32.5 Å². The Bertz CT molecular complexity index is 1650. The molecule has 0 aliphatic carbocycles. The van der Waals surface area contributed by atoms with E-state index in [2.05, 4.69) is 25.3 Å². The Balaban J connectivity index is 1.59. The van der Waals surface area contributed by atoms with Gasteiger partial charge in [-0.2, -0.15) is 0 Å². The van der Waals surface area contributed by atoms with Gasteiger partial charge in [0.1, 0.15) is 24.0 Å². The highest BCUT2D eigenvalue weighted by atomic mass is 19.3. The van der Waals surface area contributed by atoms with Gasteiger partial charge in [0.2, 0.25) is 0 Å². The van der Waals surface area contributed by atoms with Crippen LogP contribution in [0.2, 0.25) is 0 Å². The third kappa shape index (κ3) is 6.12. The molecule has 4 aromatic rings. The number of aromatic nitrogens is 5. The number of aliphatic hydroxyl groups is 1. The van der Waals surface area contributed by atoms with Crippen LogP contribution >= 0.6 is 0 Å². The minimum atomic E-state index is -3.02. The second kappa shape index (κ2) is 12.1. The average Bonchev–Trinajstić information content (AvgIpc) is 3.41. The summed E-state index contributed by atoms with van der Waals surface area (Å²) >= 11 is 0. The Morgan fingerprint density at radius 2 is 1.89 bits per heavy atom. The Kier molecular flexibility index (Phi) is 8.64. The van der Waals surface area contributed by atoms with Gasteiger partial charge in [-0.15, -0.1) is 0 Å². The molecule has 1 fully saturated rings.